The van der Waals surface area contributed by atoms with Gasteiger partial charge in [-0.15, -0.1) is 11.8 Å². The fourth-order valence-corrected chi connectivity index (χ4v) is 3.77. The number of amides is 1. The quantitative estimate of drug-likeness (QED) is 0.477. The average molecular weight is 363 g/mol. The molecule has 0 aliphatic heterocycles. The molecule has 0 bridgehead atoms. The van der Waals surface area contributed by atoms with Gasteiger partial charge in [0.15, 0.2) is 0 Å². The first-order chi connectivity index (χ1) is 12.6. The summed E-state index contributed by atoms with van der Waals surface area (Å²) >= 11 is 1.52. The van der Waals surface area contributed by atoms with Crippen molar-refractivity contribution in [1.82, 2.24) is 9.97 Å². The van der Waals surface area contributed by atoms with Crippen molar-refractivity contribution in [2.75, 3.05) is 5.32 Å². The van der Waals surface area contributed by atoms with Crippen LogP contribution in [0.3, 0.4) is 0 Å². The van der Waals surface area contributed by atoms with E-state index < -0.39 is 0 Å². The van der Waals surface area contributed by atoms with E-state index in [0.29, 0.717) is 16.7 Å². The van der Waals surface area contributed by atoms with Crippen LogP contribution in [0.2, 0.25) is 0 Å². The molecule has 5 nitrogen and oxygen atoms in total. The van der Waals surface area contributed by atoms with E-state index >= 15 is 0 Å². The van der Waals surface area contributed by atoms with Gasteiger partial charge in [-0.3, -0.25) is 4.79 Å². The minimum absolute atomic E-state index is 0.0830. The van der Waals surface area contributed by atoms with Gasteiger partial charge in [-0.1, -0.05) is 30.3 Å². The van der Waals surface area contributed by atoms with Gasteiger partial charge in [0.1, 0.15) is 0 Å². The van der Waals surface area contributed by atoms with Crippen LogP contribution in [0, 0.1) is 0 Å². The molecule has 4 rings (SSSR count). The Morgan fingerprint density at radius 3 is 2.58 bits per heavy atom. The van der Waals surface area contributed by atoms with Gasteiger partial charge in [0.05, 0.1) is 16.3 Å². The van der Waals surface area contributed by atoms with Crippen LogP contribution in [0.25, 0.3) is 21.8 Å². The Labute approximate surface area is 153 Å². The summed E-state index contributed by atoms with van der Waals surface area (Å²) in [5.41, 5.74) is 1.78. The molecule has 1 heterocycles. The van der Waals surface area contributed by atoms with Crippen molar-refractivity contribution in [3.05, 3.63) is 71.1 Å². The van der Waals surface area contributed by atoms with E-state index in [4.69, 9.17) is 0 Å². The van der Waals surface area contributed by atoms with Gasteiger partial charge >= 0.3 is 5.69 Å². The zero-order chi connectivity index (χ0) is 18.1. The fourth-order valence-electron chi connectivity index (χ4n) is 2.85. The molecule has 1 atom stereocenters. The Morgan fingerprint density at radius 1 is 0.962 bits per heavy atom. The first-order valence-corrected chi connectivity index (χ1v) is 9.15. The maximum atomic E-state index is 12.5. The number of carbonyl (C=O) groups is 1. The van der Waals surface area contributed by atoms with Crippen molar-refractivity contribution in [2.45, 2.75) is 17.1 Å². The van der Waals surface area contributed by atoms with E-state index in [1.54, 1.807) is 18.2 Å². The average Bonchev–Trinajstić information content (AvgIpc) is 3.01. The standard InChI is InChI=1S/C20H17N3O2S/c1-12(26-16-8-6-13-4-2-3-5-14(13)10-16)19(24)21-15-7-9-17-18(11-15)23-20(25)22-17/h2-12H,1H3,(H,21,24)(H2,22,23,25)/t12-/m1/s1. The number of rotatable bonds is 4. The number of carbonyl (C=O) groups excluding carboxylic acids is 1. The zero-order valence-corrected chi connectivity index (χ0v) is 14.9. The third-order valence-corrected chi connectivity index (χ3v) is 5.28. The summed E-state index contributed by atoms with van der Waals surface area (Å²) in [6, 6.07) is 19.7. The van der Waals surface area contributed by atoms with Crippen molar-refractivity contribution in [3.63, 3.8) is 0 Å². The lowest BCUT2D eigenvalue weighted by Gasteiger charge is -2.12. The molecule has 0 spiro atoms. The number of aromatic amines is 2. The highest BCUT2D eigenvalue weighted by Gasteiger charge is 2.15. The zero-order valence-electron chi connectivity index (χ0n) is 14.1. The smallest absolute Gasteiger partial charge is 0.323 e. The summed E-state index contributed by atoms with van der Waals surface area (Å²) in [5, 5.41) is 4.99. The minimum atomic E-state index is -0.260. The Hall–Kier alpha value is -2.99. The molecule has 0 aliphatic carbocycles. The summed E-state index contributed by atoms with van der Waals surface area (Å²) in [6.45, 7) is 1.88. The second kappa shape index (κ2) is 6.72. The van der Waals surface area contributed by atoms with E-state index in [-0.39, 0.29) is 16.8 Å². The largest absolute Gasteiger partial charge is 0.325 e. The molecule has 0 saturated heterocycles. The highest BCUT2D eigenvalue weighted by atomic mass is 32.2. The molecule has 0 aliphatic rings. The van der Waals surface area contributed by atoms with Gasteiger partial charge in [0.2, 0.25) is 5.91 Å². The van der Waals surface area contributed by atoms with Gasteiger partial charge in [-0.25, -0.2) is 4.79 Å². The van der Waals surface area contributed by atoms with Gasteiger partial charge in [-0.05, 0) is 48.0 Å². The topological polar surface area (TPSA) is 77.8 Å². The summed E-state index contributed by atoms with van der Waals surface area (Å²) in [4.78, 5) is 30.3. The molecule has 0 radical (unpaired) electrons. The molecule has 4 aromatic rings. The molecule has 1 aromatic heterocycles. The number of aromatic nitrogens is 2. The number of H-pyrrole nitrogens is 2. The van der Waals surface area contributed by atoms with Gasteiger partial charge in [0, 0.05) is 10.6 Å². The molecule has 130 valence electrons. The highest BCUT2D eigenvalue weighted by molar-refractivity contribution is 8.00. The maximum absolute atomic E-state index is 12.5. The predicted octanol–water partition coefficient (Wildman–Crippen LogP) is 4.13. The number of benzene rings is 3. The second-order valence-corrected chi connectivity index (χ2v) is 7.51. The number of anilines is 1. The fraction of sp³-hybridized carbons (Fsp3) is 0.100. The van der Waals surface area contributed by atoms with Crippen molar-refractivity contribution >= 4 is 45.2 Å². The molecule has 0 unspecified atom stereocenters. The Balaban J connectivity index is 1.48. The molecule has 26 heavy (non-hydrogen) atoms. The monoisotopic (exact) mass is 363 g/mol. The van der Waals surface area contributed by atoms with Crippen molar-refractivity contribution in [1.29, 1.82) is 0 Å². The number of nitrogens with one attached hydrogen (secondary N) is 3. The normalized spacial score (nSPS) is 12.3. The SMILES string of the molecule is C[C@@H](Sc1ccc2ccccc2c1)C(=O)Nc1ccc2[nH]c(=O)[nH]c2c1. The Morgan fingerprint density at radius 2 is 1.73 bits per heavy atom. The van der Waals surface area contributed by atoms with E-state index in [2.05, 4.69) is 39.6 Å². The van der Waals surface area contributed by atoms with Crippen LogP contribution in [0.1, 0.15) is 6.92 Å². The summed E-state index contributed by atoms with van der Waals surface area (Å²) in [5.74, 6) is -0.0830. The maximum Gasteiger partial charge on any atom is 0.323 e. The minimum Gasteiger partial charge on any atom is -0.325 e. The van der Waals surface area contributed by atoms with E-state index in [9.17, 15) is 9.59 Å². The van der Waals surface area contributed by atoms with E-state index in [0.717, 1.165) is 10.3 Å². The predicted molar refractivity (Wildman–Crippen MR) is 107 cm³/mol. The molecule has 3 N–H and O–H groups in total. The first kappa shape index (κ1) is 16.5. The lowest BCUT2D eigenvalue weighted by Crippen LogP contribution is -2.22. The summed E-state index contributed by atoms with van der Waals surface area (Å²) in [7, 11) is 0. The van der Waals surface area contributed by atoms with Crippen molar-refractivity contribution in [2.24, 2.45) is 0 Å². The van der Waals surface area contributed by atoms with Crippen LogP contribution in [0.4, 0.5) is 5.69 Å². The van der Waals surface area contributed by atoms with Crippen LogP contribution in [-0.2, 0) is 4.79 Å². The number of hydrogen-bond acceptors (Lipinski definition) is 3. The third-order valence-electron chi connectivity index (χ3n) is 4.19. The Bertz CT molecular complexity index is 1160. The number of hydrogen-bond donors (Lipinski definition) is 3. The highest BCUT2D eigenvalue weighted by Crippen LogP contribution is 2.27. The van der Waals surface area contributed by atoms with Crippen molar-refractivity contribution < 1.29 is 4.79 Å². The molecular formula is C20H17N3O2S. The number of thioether (sulfide) groups is 1. The number of fused-ring (bicyclic) bond motifs is 2. The second-order valence-electron chi connectivity index (χ2n) is 6.10. The van der Waals surface area contributed by atoms with Gasteiger partial charge in [-0.2, -0.15) is 0 Å². The van der Waals surface area contributed by atoms with Crippen molar-refractivity contribution in [3.8, 4) is 0 Å². The third kappa shape index (κ3) is 3.36. The Kier molecular flexibility index (Phi) is 4.26. The van der Waals surface area contributed by atoms with Crippen LogP contribution in [-0.4, -0.2) is 21.1 Å². The first-order valence-electron chi connectivity index (χ1n) is 8.27. The van der Waals surface area contributed by atoms with Crippen LogP contribution in [0.5, 0.6) is 0 Å². The van der Waals surface area contributed by atoms with Gasteiger partial charge < -0.3 is 15.3 Å². The van der Waals surface area contributed by atoms with Crippen LogP contribution < -0.4 is 11.0 Å². The summed E-state index contributed by atoms with van der Waals surface area (Å²) in [6.07, 6.45) is 0. The van der Waals surface area contributed by atoms with E-state index in [1.807, 2.05) is 25.1 Å². The lowest BCUT2D eigenvalue weighted by molar-refractivity contribution is -0.115. The lowest BCUT2D eigenvalue weighted by atomic mass is 10.1. The molecule has 6 heteroatoms. The van der Waals surface area contributed by atoms with E-state index in [1.165, 1.54) is 17.1 Å². The van der Waals surface area contributed by atoms with Crippen LogP contribution >= 0.6 is 11.8 Å². The molecule has 0 fully saturated rings. The summed E-state index contributed by atoms with van der Waals surface area (Å²) < 4.78 is 0. The molecule has 3 aromatic carbocycles. The van der Waals surface area contributed by atoms with Crippen LogP contribution in [0.15, 0.2) is 70.4 Å². The molecule has 1 amide bonds. The molecular weight excluding hydrogens is 346 g/mol. The van der Waals surface area contributed by atoms with Gasteiger partial charge in [0.25, 0.3) is 0 Å². The molecule has 0 saturated carbocycles. The number of imidazole rings is 1.